The van der Waals surface area contributed by atoms with Crippen molar-refractivity contribution in [2.45, 2.75) is 51.0 Å². The van der Waals surface area contributed by atoms with Crippen molar-refractivity contribution in [1.82, 2.24) is 4.57 Å². The van der Waals surface area contributed by atoms with Gasteiger partial charge in [0.15, 0.2) is 0 Å². The van der Waals surface area contributed by atoms with Gasteiger partial charge in [0.05, 0.1) is 0 Å². The Morgan fingerprint density at radius 1 is 0.957 bits per heavy atom. The SMILES string of the molecule is CCn1c2ccccc2c2cc(C3(CN)CCCCC3)ccc21. The quantitative estimate of drug-likeness (QED) is 0.727. The number of fused-ring (bicyclic) bond motifs is 3. The second-order valence-electron chi connectivity index (χ2n) is 7.04. The molecule has 3 aromatic rings. The number of hydrogen-bond donors (Lipinski definition) is 1. The Morgan fingerprint density at radius 3 is 2.43 bits per heavy atom. The third kappa shape index (κ3) is 2.20. The lowest BCUT2D eigenvalue weighted by molar-refractivity contribution is 0.301. The molecule has 120 valence electrons. The number of benzene rings is 2. The summed E-state index contributed by atoms with van der Waals surface area (Å²) in [6.07, 6.45) is 6.46. The highest BCUT2D eigenvalue weighted by molar-refractivity contribution is 6.08. The highest BCUT2D eigenvalue weighted by Gasteiger charge is 2.32. The third-order valence-corrected chi connectivity index (χ3v) is 5.90. The smallest absolute Gasteiger partial charge is 0.0491 e. The Balaban J connectivity index is 1.95. The lowest BCUT2D eigenvalue weighted by Gasteiger charge is -2.37. The molecule has 0 amide bonds. The Bertz CT molecular complexity index is 838. The van der Waals surface area contributed by atoms with Gasteiger partial charge in [0.1, 0.15) is 0 Å². The molecule has 0 unspecified atom stereocenters. The third-order valence-electron chi connectivity index (χ3n) is 5.90. The molecule has 2 N–H and O–H groups in total. The molecule has 1 aromatic heterocycles. The van der Waals surface area contributed by atoms with Crippen LogP contribution in [0.1, 0.15) is 44.6 Å². The molecule has 4 rings (SSSR count). The lowest BCUT2D eigenvalue weighted by Crippen LogP contribution is -2.37. The Hall–Kier alpha value is -1.80. The molecular formula is C21H26N2. The van der Waals surface area contributed by atoms with E-state index in [1.165, 1.54) is 59.5 Å². The van der Waals surface area contributed by atoms with E-state index in [1.807, 2.05) is 0 Å². The number of aromatic nitrogens is 1. The molecule has 1 aliphatic carbocycles. The normalized spacial score (nSPS) is 17.8. The lowest BCUT2D eigenvalue weighted by atomic mass is 9.69. The van der Waals surface area contributed by atoms with E-state index in [0.29, 0.717) is 0 Å². The van der Waals surface area contributed by atoms with Crippen molar-refractivity contribution in [2.24, 2.45) is 5.73 Å². The number of rotatable bonds is 3. The standard InChI is InChI=1S/C21H26N2/c1-2-23-19-9-5-4-8-17(19)18-14-16(10-11-20(18)23)21(15-22)12-6-3-7-13-21/h4-5,8-11,14H,2-3,6-7,12-13,15,22H2,1H3. The first-order valence-electron chi connectivity index (χ1n) is 9.00. The maximum absolute atomic E-state index is 6.25. The first-order chi connectivity index (χ1) is 11.3. The number of aryl methyl sites for hydroxylation is 1. The molecule has 0 spiro atoms. The summed E-state index contributed by atoms with van der Waals surface area (Å²) >= 11 is 0. The molecule has 1 heterocycles. The minimum absolute atomic E-state index is 0.196. The van der Waals surface area contributed by atoms with Crippen molar-refractivity contribution in [1.29, 1.82) is 0 Å². The fraction of sp³-hybridized carbons (Fsp3) is 0.429. The minimum Gasteiger partial charge on any atom is -0.341 e. The van der Waals surface area contributed by atoms with Gasteiger partial charge in [-0.25, -0.2) is 0 Å². The minimum atomic E-state index is 0.196. The second-order valence-corrected chi connectivity index (χ2v) is 7.04. The number of para-hydroxylation sites is 1. The predicted octanol–water partition coefficient (Wildman–Crippen LogP) is 4.98. The Kier molecular flexibility index (Phi) is 3.65. The van der Waals surface area contributed by atoms with Gasteiger partial charge in [-0.2, -0.15) is 0 Å². The molecule has 1 aliphatic rings. The molecule has 2 heteroatoms. The number of nitrogens with two attached hydrogens (primary N) is 1. The van der Waals surface area contributed by atoms with E-state index in [9.17, 15) is 0 Å². The maximum Gasteiger partial charge on any atom is 0.0491 e. The van der Waals surface area contributed by atoms with Crippen LogP contribution in [0.2, 0.25) is 0 Å². The van der Waals surface area contributed by atoms with Gasteiger partial charge in [-0.15, -0.1) is 0 Å². The summed E-state index contributed by atoms with van der Waals surface area (Å²) in [7, 11) is 0. The highest BCUT2D eigenvalue weighted by atomic mass is 15.0. The molecule has 0 aliphatic heterocycles. The van der Waals surface area contributed by atoms with E-state index in [0.717, 1.165) is 13.1 Å². The van der Waals surface area contributed by atoms with Crippen LogP contribution in [0.4, 0.5) is 0 Å². The molecule has 0 atom stereocenters. The van der Waals surface area contributed by atoms with Crippen LogP contribution in [0.15, 0.2) is 42.5 Å². The van der Waals surface area contributed by atoms with Crippen molar-refractivity contribution >= 4 is 21.8 Å². The summed E-state index contributed by atoms with van der Waals surface area (Å²) in [5.74, 6) is 0. The van der Waals surface area contributed by atoms with Gasteiger partial charge >= 0.3 is 0 Å². The second kappa shape index (κ2) is 5.68. The van der Waals surface area contributed by atoms with Gasteiger partial charge in [0.25, 0.3) is 0 Å². The fourth-order valence-corrected chi connectivity index (χ4v) is 4.56. The van der Waals surface area contributed by atoms with Crippen LogP contribution in [-0.2, 0) is 12.0 Å². The number of nitrogens with zero attached hydrogens (tertiary/aromatic N) is 1. The molecular weight excluding hydrogens is 280 g/mol. The van der Waals surface area contributed by atoms with Crippen LogP contribution < -0.4 is 5.73 Å². The zero-order valence-electron chi connectivity index (χ0n) is 14.0. The average molecular weight is 306 g/mol. The van der Waals surface area contributed by atoms with E-state index in [1.54, 1.807) is 0 Å². The van der Waals surface area contributed by atoms with Gasteiger partial charge in [0.2, 0.25) is 0 Å². The summed E-state index contributed by atoms with van der Waals surface area (Å²) < 4.78 is 2.42. The summed E-state index contributed by atoms with van der Waals surface area (Å²) in [6, 6.07) is 15.9. The average Bonchev–Trinajstić information content (AvgIpc) is 2.95. The molecule has 0 radical (unpaired) electrons. The van der Waals surface area contributed by atoms with Crippen LogP contribution in [-0.4, -0.2) is 11.1 Å². The van der Waals surface area contributed by atoms with E-state index in [-0.39, 0.29) is 5.41 Å². The van der Waals surface area contributed by atoms with Crippen LogP contribution in [0.25, 0.3) is 21.8 Å². The first kappa shape index (κ1) is 14.8. The summed E-state index contributed by atoms with van der Waals surface area (Å²) in [4.78, 5) is 0. The van der Waals surface area contributed by atoms with Crippen LogP contribution >= 0.6 is 0 Å². The van der Waals surface area contributed by atoms with E-state index in [4.69, 9.17) is 5.73 Å². The zero-order valence-corrected chi connectivity index (χ0v) is 14.0. The summed E-state index contributed by atoms with van der Waals surface area (Å²) in [5.41, 5.74) is 10.6. The van der Waals surface area contributed by atoms with Gasteiger partial charge < -0.3 is 10.3 Å². The zero-order chi connectivity index (χ0) is 15.9. The maximum atomic E-state index is 6.25. The van der Waals surface area contributed by atoms with Crippen molar-refractivity contribution in [3.8, 4) is 0 Å². The summed E-state index contributed by atoms with van der Waals surface area (Å²) in [6.45, 7) is 4.00. The Labute approximate surface area is 138 Å². The molecule has 0 bridgehead atoms. The van der Waals surface area contributed by atoms with Crippen LogP contribution in [0.3, 0.4) is 0 Å². The number of hydrogen-bond acceptors (Lipinski definition) is 1. The topological polar surface area (TPSA) is 30.9 Å². The van der Waals surface area contributed by atoms with Crippen molar-refractivity contribution in [3.63, 3.8) is 0 Å². The summed E-state index contributed by atoms with van der Waals surface area (Å²) in [5, 5.41) is 2.76. The Morgan fingerprint density at radius 2 is 1.70 bits per heavy atom. The van der Waals surface area contributed by atoms with Gasteiger partial charge in [-0.05, 0) is 43.5 Å². The van der Waals surface area contributed by atoms with E-state index >= 15 is 0 Å². The monoisotopic (exact) mass is 306 g/mol. The molecule has 2 aromatic carbocycles. The highest BCUT2D eigenvalue weighted by Crippen LogP contribution is 2.41. The molecule has 1 saturated carbocycles. The van der Waals surface area contributed by atoms with Gasteiger partial charge in [-0.1, -0.05) is 43.5 Å². The van der Waals surface area contributed by atoms with Crippen LogP contribution in [0, 0.1) is 0 Å². The molecule has 2 nitrogen and oxygen atoms in total. The fourth-order valence-electron chi connectivity index (χ4n) is 4.56. The van der Waals surface area contributed by atoms with Crippen molar-refractivity contribution < 1.29 is 0 Å². The van der Waals surface area contributed by atoms with Crippen molar-refractivity contribution in [3.05, 3.63) is 48.0 Å². The van der Waals surface area contributed by atoms with Crippen LogP contribution in [0.5, 0.6) is 0 Å². The van der Waals surface area contributed by atoms with Gasteiger partial charge in [-0.3, -0.25) is 0 Å². The van der Waals surface area contributed by atoms with E-state index < -0.39 is 0 Å². The molecule has 1 fully saturated rings. The van der Waals surface area contributed by atoms with E-state index in [2.05, 4.69) is 54.0 Å². The predicted molar refractivity (Wildman–Crippen MR) is 98.9 cm³/mol. The van der Waals surface area contributed by atoms with Gasteiger partial charge in [0, 0.05) is 40.3 Å². The molecule has 23 heavy (non-hydrogen) atoms. The molecule has 0 saturated heterocycles. The van der Waals surface area contributed by atoms with Crippen molar-refractivity contribution in [2.75, 3.05) is 6.54 Å². The first-order valence-corrected chi connectivity index (χ1v) is 9.00. The largest absolute Gasteiger partial charge is 0.341 e.